The van der Waals surface area contributed by atoms with Crippen molar-refractivity contribution in [3.8, 4) is 0 Å². The van der Waals surface area contributed by atoms with E-state index in [4.69, 9.17) is 0 Å². The molecular weight excluding hydrogens is 328 g/mol. The Kier molecular flexibility index (Phi) is 4.24. The summed E-state index contributed by atoms with van der Waals surface area (Å²) in [5, 5.41) is 20.7. The van der Waals surface area contributed by atoms with Crippen molar-refractivity contribution in [3.05, 3.63) is 11.6 Å². The van der Waals surface area contributed by atoms with E-state index in [0.717, 1.165) is 25.7 Å². The molecule has 0 radical (unpaired) electrons. The number of Topliss-reactive ketones (excluding diaryl/α,β-unsaturated/α-hetero) is 1. The van der Waals surface area contributed by atoms with E-state index < -0.39 is 12.7 Å². The van der Waals surface area contributed by atoms with Crippen LogP contribution in [0.4, 0.5) is 0 Å². The number of carbonyl (C=O) groups is 2. The molecule has 3 fully saturated rings. The molecule has 4 nitrogen and oxygen atoms in total. The molecule has 0 bridgehead atoms. The highest BCUT2D eigenvalue weighted by atomic mass is 16.3. The Labute approximate surface area is 156 Å². The van der Waals surface area contributed by atoms with Gasteiger partial charge in [0, 0.05) is 12.3 Å². The molecular formula is C22H32O4. The van der Waals surface area contributed by atoms with E-state index in [0.29, 0.717) is 24.7 Å². The molecule has 0 aromatic rings. The summed E-state index contributed by atoms with van der Waals surface area (Å²) in [4.78, 5) is 24.4. The van der Waals surface area contributed by atoms with Gasteiger partial charge in [0.25, 0.3) is 0 Å². The van der Waals surface area contributed by atoms with Gasteiger partial charge in [-0.2, -0.15) is 0 Å². The van der Waals surface area contributed by atoms with Crippen molar-refractivity contribution in [3.63, 3.8) is 0 Å². The maximum absolute atomic E-state index is 12.5. The van der Waals surface area contributed by atoms with E-state index in [-0.39, 0.29) is 40.2 Å². The number of aliphatic hydroxyl groups excluding tert-OH is 2. The van der Waals surface area contributed by atoms with Gasteiger partial charge < -0.3 is 10.2 Å². The van der Waals surface area contributed by atoms with Crippen LogP contribution in [0.5, 0.6) is 0 Å². The predicted octanol–water partition coefficient (Wildman–Crippen LogP) is 2.91. The number of fused-ring (bicyclic) bond motifs is 5. The van der Waals surface area contributed by atoms with Crippen LogP contribution in [0.25, 0.3) is 0 Å². The smallest absolute Gasteiger partial charge is 0.162 e. The molecule has 6 unspecified atom stereocenters. The number of carbonyl (C=O) groups excluding carboxylic acids is 2. The Morgan fingerprint density at radius 1 is 1.31 bits per heavy atom. The number of allylic oxidation sites excluding steroid dienone is 1. The van der Waals surface area contributed by atoms with Crippen LogP contribution >= 0.6 is 0 Å². The Bertz CT molecular complexity index is 667. The molecule has 0 aliphatic heterocycles. The lowest BCUT2D eigenvalue weighted by Gasteiger charge is -2.59. The lowest BCUT2D eigenvalue weighted by Crippen LogP contribution is -2.57. The van der Waals surface area contributed by atoms with Crippen LogP contribution in [-0.2, 0) is 9.59 Å². The monoisotopic (exact) mass is 360 g/mol. The van der Waals surface area contributed by atoms with E-state index in [2.05, 4.69) is 20.8 Å². The minimum atomic E-state index is -0.442. The van der Waals surface area contributed by atoms with E-state index in [9.17, 15) is 19.8 Å². The average Bonchev–Trinajstić information content (AvgIpc) is 2.84. The zero-order valence-electron chi connectivity index (χ0n) is 16.2. The van der Waals surface area contributed by atoms with Crippen molar-refractivity contribution in [1.82, 2.24) is 0 Å². The van der Waals surface area contributed by atoms with Crippen molar-refractivity contribution in [2.75, 3.05) is 6.61 Å². The van der Waals surface area contributed by atoms with Crippen molar-refractivity contribution in [2.45, 2.75) is 65.4 Å². The van der Waals surface area contributed by atoms with Crippen molar-refractivity contribution < 1.29 is 19.8 Å². The topological polar surface area (TPSA) is 74.6 Å². The third kappa shape index (κ3) is 2.34. The second-order valence-corrected chi connectivity index (χ2v) is 9.98. The van der Waals surface area contributed by atoms with Gasteiger partial charge in [-0.25, -0.2) is 0 Å². The molecule has 26 heavy (non-hydrogen) atoms. The van der Waals surface area contributed by atoms with Crippen LogP contribution in [0, 0.1) is 40.4 Å². The highest BCUT2D eigenvalue weighted by molar-refractivity contribution is 5.91. The van der Waals surface area contributed by atoms with E-state index in [1.165, 1.54) is 5.57 Å². The predicted molar refractivity (Wildman–Crippen MR) is 98.2 cm³/mol. The summed E-state index contributed by atoms with van der Waals surface area (Å²) in [6.45, 7) is 6.17. The first kappa shape index (κ1) is 18.4. The summed E-state index contributed by atoms with van der Waals surface area (Å²) in [6.07, 6.45) is 6.43. The Balaban J connectivity index is 1.73. The van der Waals surface area contributed by atoms with E-state index in [1.807, 2.05) is 6.08 Å². The first-order valence-electron chi connectivity index (χ1n) is 10.3. The van der Waals surface area contributed by atoms with E-state index in [1.54, 1.807) is 0 Å². The maximum atomic E-state index is 12.5. The zero-order valence-corrected chi connectivity index (χ0v) is 16.2. The first-order chi connectivity index (χ1) is 12.2. The summed E-state index contributed by atoms with van der Waals surface area (Å²) in [5.41, 5.74) is 0.938. The molecule has 0 aromatic heterocycles. The number of ketones is 2. The van der Waals surface area contributed by atoms with Gasteiger partial charge in [-0.05, 0) is 72.7 Å². The molecule has 0 amide bonds. The van der Waals surface area contributed by atoms with Crippen LogP contribution in [0.1, 0.15) is 59.3 Å². The fourth-order valence-electron chi connectivity index (χ4n) is 7.84. The molecule has 8 atom stereocenters. The zero-order chi connectivity index (χ0) is 18.9. The molecule has 4 rings (SSSR count). The van der Waals surface area contributed by atoms with Gasteiger partial charge in [-0.15, -0.1) is 0 Å². The lowest BCUT2D eigenvalue weighted by molar-refractivity contribution is -0.147. The minimum absolute atomic E-state index is 0.0565. The molecule has 4 aliphatic carbocycles. The summed E-state index contributed by atoms with van der Waals surface area (Å²) in [5.74, 6) is 1.29. The first-order valence-corrected chi connectivity index (χ1v) is 10.3. The standard InChI is InChI=1S/C22H32O4/c1-12-8-16-15-5-4-13-9-14(24)6-7-21(13,2)20(15)17(25)10-22(16,3)19(12)18(26)11-23/h9,12,15-17,19-20,23,25H,4-8,10-11H2,1-3H3/t12?,15?,16-,17?,19?,20+,21?,22?/m0/s1. The van der Waals surface area contributed by atoms with Gasteiger partial charge in [-0.1, -0.05) is 26.3 Å². The van der Waals surface area contributed by atoms with E-state index >= 15 is 0 Å². The fraction of sp³-hybridized carbons (Fsp3) is 0.818. The fourth-order valence-corrected chi connectivity index (χ4v) is 7.84. The molecule has 0 spiro atoms. The molecule has 0 aromatic carbocycles. The van der Waals surface area contributed by atoms with Gasteiger partial charge >= 0.3 is 0 Å². The van der Waals surface area contributed by atoms with Gasteiger partial charge in [-0.3, -0.25) is 9.59 Å². The minimum Gasteiger partial charge on any atom is -0.393 e. The Morgan fingerprint density at radius 3 is 2.73 bits per heavy atom. The number of aliphatic hydroxyl groups is 2. The van der Waals surface area contributed by atoms with Crippen LogP contribution in [-0.4, -0.2) is 34.5 Å². The molecule has 3 saturated carbocycles. The number of hydrogen-bond acceptors (Lipinski definition) is 4. The van der Waals surface area contributed by atoms with Crippen LogP contribution in [0.2, 0.25) is 0 Å². The number of rotatable bonds is 2. The van der Waals surface area contributed by atoms with Crippen LogP contribution < -0.4 is 0 Å². The average molecular weight is 360 g/mol. The van der Waals surface area contributed by atoms with Gasteiger partial charge in [0.05, 0.1) is 6.10 Å². The SMILES string of the molecule is CC1C[C@H]2C3CCC4=CC(=O)CCC4(C)[C@H]3C(O)CC2(C)C1C(=O)CO. The van der Waals surface area contributed by atoms with Crippen molar-refractivity contribution >= 4 is 11.6 Å². The molecule has 4 aliphatic rings. The molecule has 144 valence electrons. The molecule has 0 heterocycles. The highest BCUT2D eigenvalue weighted by Gasteiger charge is 2.64. The lowest BCUT2D eigenvalue weighted by atomic mass is 9.46. The Hall–Kier alpha value is -1.00. The largest absolute Gasteiger partial charge is 0.393 e. The summed E-state index contributed by atoms with van der Waals surface area (Å²) >= 11 is 0. The van der Waals surface area contributed by atoms with Crippen molar-refractivity contribution in [2.24, 2.45) is 40.4 Å². The highest BCUT2D eigenvalue weighted by Crippen LogP contribution is 2.67. The second-order valence-electron chi connectivity index (χ2n) is 9.98. The quantitative estimate of drug-likeness (QED) is 0.794. The normalized spacial score (nSPS) is 50.5. The molecule has 4 heteroatoms. The van der Waals surface area contributed by atoms with Crippen LogP contribution in [0.15, 0.2) is 11.6 Å². The van der Waals surface area contributed by atoms with Gasteiger partial charge in [0.1, 0.15) is 6.61 Å². The van der Waals surface area contributed by atoms with Gasteiger partial charge in [0.15, 0.2) is 11.6 Å². The third-order valence-corrected chi connectivity index (χ3v) is 8.74. The third-order valence-electron chi connectivity index (χ3n) is 8.74. The summed E-state index contributed by atoms with van der Waals surface area (Å²) in [6, 6.07) is 0. The summed E-state index contributed by atoms with van der Waals surface area (Å²) in [7, 11) is 0. The second kappa shape index (κ2) is 6.00. The van der Waals surface area contributed by atoms with Crippen LogP contribution in [0.3, 0.4) is 0 Å². The molecule has 2 N–H and O–H groups in total. The molecule has 0 saturated heterocycles. The van der Waals surface area contributed by atoms with Gasteiger partial charge in [0.2, 0.25) is 0 Å². The van der Waals surface area contributed by atoms with Crippen molar-refractivity contribution in [1.29, 1.82) is 0 Å². The Morgan fingerprint density at radius 2 is 2.04 bits per heavy atom. The number of hydrogen-bond donors (Lipinski definition) is 2. The maximum Gasteiger partial charge on any atom is 0.162 e. The summed E-state index contributed by atoms with van der Waals surface area (Å²) < 4.78 is 0.